The number of methoxy groups -OCH3 is 1. The Morgan fingerprint density at radius 2 is 1.80 bits per heavy atom. The fourth-order valence-electron chi connectivity index (χ4n) is 1.16. The minimum atomic E-state index is -5.10. The van der Waals surface area contributed by atoms with E-state index >= 15 is 0 Å². The van der Waals surface area contributed by atoms with Crippen LogP contribution in [0, 0.1) is 0 Å². The van der Waals surface area contributed by atoms with Crippen LogP contribution in [-0.2, 0) is 20.9 Å². The molecule has 0 spiro atoms. The molecule has 0 N–H and O–H groups in total. The van der Waals surface area contributed by atoms with E-state index in [-0.39, 0.29) is 6.61 Å². The van der Waals surface area contributed by atoms with E-state index in [1.807, 2.05) is 0 Å². The summed E-state index contributed by atoms with van der Waals surface area (Å²) < 4.78 is 45.7. The Morgan fingerprint density at radius 1 is 1.20 bits per heavy atom. The van der Waals surface area contributed by atoms with E-state index in [1.54, 1.807) is 30.3 Å². The van der Waals surface area contributed by atoms with Gasteiger partial charge in [-0.1, -0.05) is 30.3 Å². The second kappa shape index (κ2) is 6.69. The predicted molar refractivity (Wildman–Crippen MR) is 62.1 cm³/mol. The third-order valence-corrected chi connectivity index (χ3v) is 2.06. The van der Waals surface area contributed by atoms with Crippen molar-refractivity contribution in [1.82, 2.24) is 0 Å². The predicted octanol–water partition coefficient (Wildman–Crippen LogP) is 2.50. The molecule has 20 heavy (non-hydrogen) atoms. The van der Waals surface area contributed by atoms with Gasteiger partial charge in [-0.2, -0.15) is 18.2 Å². The second-order valence-corrected chi connectivity index (χ2v) is 3.49. The van der Waals surface area contributed by atoms with Crippen LogP contribution >= 0.6 is 0 Å². The Morgan fingerprint density at radius 3 is 2.30 bits per heavy atom. The largest absolute Gasteiger partial charge is 0.464 e. The van der Waals surface area contributed by atoms with Crippen LogP contribution in [0.15, 0.2) is 35.3 Å². The highest BCUT2D eigenvalue weighted by Gasteiger charge is 2.42. The van der Waals surface area contributed by atoms with Crippen molar-refractivity contribution in [2.45, 2.75) is 12.8 Å². The van der Waals surface area contributed by atoms with Crippen LogP contribution in [0.3, 0.4) is 0 Å². The van der Waals surface area contributed by atoms with Crippen LogP contribution in [0.5, 0.6) is 0 Å². The molecule has 0 saturated carbocycles. The van der Waals surface area contributed by atoms with E-state index < -0.39 is 24.0 Å². The first-order valence-corrected chi connectivity index (χ1v) is 5.29. The Labute approximate surface area is 112 Å². The summed E-state index contributed by atoms with van der Waals surface area (Å²) in [5.74, 6) is -1.76. The maximum Gasteiger partial charge on any atom is 0.440 e. The number of ether oxygens (including phenoxy) is 2. The molecule has 0 heterocycles. The van der Waals surface area contributed by atoms with Gasteiger partial charge in [0.15, 0.2) is 0 Å². The summed E-state index contributed by atoms with van der Waals surface area (Å²) in [7, 11) is 0.749. The molecule has 0 unspecified atom stereocenters. The van der Waals surface area contributed by atoms with Crippen LogP contribution in [0.4, 0.5) is 18.0 Å². The van der Waals surface area contributed by atoms with Gasteiger partial charge in [-0.3, -0.25) is 0 Å². The second-order valence-electron chi connectivity index (χ2n) is 3.49. The molecule has 8 heteroatoms. The number of hydrogen-bond acceptors (Lipinski definition) is 4. The molecule has 0 fully saturated rings. The number of amides is 1. The molecule has 108 valence electrons. The van der Waals surface area contributed by atoms with Crippen LogP contribution in [0.2, 0.25) is 0 Å². The minimum absolute atomic E-state index is 0.254. The number of nitrogens with zero attached hydrogens (tertiary/aromatic N) is 1. The lowest BCUT2D eigenvalue weighted by molar-refractivity contribution is -0.137. The third kappa shape index (κ3) is 4.71. The molecule has 1 rings (SSSR count). The van der Waals surface area contributed by atoms with Gasteiger partial charge in [-0.25, -0.2) is 9.59 Å². The molecule has 0 atom stereocenters. The maximum absolute atomic E-state index is 12.4. The summed E-state index contributed by atoms with van der Waals surface area (Å²) in [5.41, 5.74) is -1.39. The average molecular weight is 289 g/mol. The van der Waals surface area contributed by atoms with Crippen LogP contribution in [0.1, 0.15) is 5.56 Å². The number of aliphatic imine (C=N–C) groups is 1. The van der Waals surface area contributed by atoms with Gasteiger partial charge in [0.1, 0.15) is 6.61 Å². The summed E-state index contributed by atoms with van der Waals surface area (Å²) in [6, 6.07) is 8.29. The summed E-state index contributed by atoms with van der Waals surface area (Å²) in [6.07, 6.45) is -6.62. The SMILES string of the molecule is COC(=O)C(=NC(=O)OCc1ccccc1)C(F)(F)F. The van der Waals surface area contributed by atoms with E-state index in [4.69, 9.17) is 0 Å². The van der Waals surface area contributed by atoms with Gasteiger partial charge in [-0.05, 0) is 5.56 Å². The van der Waals surface area contributed by atoms with Gasteiger partial charge >= 0.3 is 18.2 Å². The molecule has 0 radical (unpaired) electrons. The van der Waals surface area contributed by atoms with Crippen LogP contribution in [0.25, 0.3) is 0 Å². The number of halogens is 3. The standard InChI is InChI=1S/C12H10F3NO4/c1-19-10(17)9(12(13,14)15)16-11(18)20-7-8-5-3-2-4-6-8/h2-6H,7H2,1H3. The van der Waals surface area contributed by atoms with E-state index in [1.165, 1.54) is 0 Å². The molecule has 5 nitrogen and oxygen atoms in total. The quantitative estimate of drug-likeness (QED) is 0.633. The normalized spacial score (nSPS) is 11.9. The highest BCUT2D eigenvalue weighted by molar-refractivity contribution is 6.40. The number of hydrogen-bond donors (Lipinski definition) is 0. The lowest BCUT2D eigenvalue weighted by Crippen LogP contribution is -2.33. The van der Waals surface area contributed by atoms with Crippen molar-refractivity contribution in [3.8, 4) is 0 Å². The maximum atomic E-state index is 12.4. The van der Waals surface area contributed by atoms with Crippen LogP contribution < -0.4 is 0 Å². The summed E-state index contributed by atoms with van der Waals surface area (Å²) in [5, 5.41) is 0. The number of carbonyl (C=O) groups excluding carboxylic acids is 2. The van der Waals surface area contributed by atoms with Gasteiger partial charge in [0.2, 0.25) is 5.71 Å². The molecular weight excluding hydrogens is 279 g/mol. The summed E-state index contributed by atoms with van der Waals surface area (Å²) in [6.45, 7) is -0.254. The van der Waals surface area contributed by atoms with Crippen molar-refractivity contribution >= 4 is 17.8 Å². The first-order valence-electron chi connectivity index (χ1n) is 5.29. The van der Waals surface area contributed by atoms with Crippen molar-refractivity contribution in [1.29, 1.82) is 0 Å². The molecule has 0 saturated heterocycles. The van der Waals surface area contributed by atoms with Crippen molar-refractivity contribution in [3.05, 3.63) is 35.9 Å². The van der Waals surface area contributed by atoms with Gasteiger partial charge in [0, 0.05) is 0 Å². The lowest BCUT2D eigenvalue weighted by Gasteiger charge is -2.08. The van der Waals surface area contributed by atoms with Crippen molar-refractivity contribution in [2.75, 3.05) is 7.11 Å². The number of carbonyl (C=O) groups is 2. The summed E-state index contributed by atoms with van der Waals surface area (Å²) >= 11 is 0. The van der Waals surface area contributed by atoms with Crippen LogP contribution in [-0.4, -0.2) is 31.1 Å². The molecule has 1 aromatic rings. The number of rotatable bonds is 3. The molecule has 0 bridgehead atoms. The average Bonchev–Trinajstić information content (AvgIpc) is 2.41. The monoisotopic (exact) mass is 289 g/mol. The fraction of sp³-hybridized carbons (Fsp3) is 0.250. The zero-order chi connectivity index (χ0) is 15.2. The van der Waals surface area contributed by atoms with E-state index in [2.05, 4.69) is 14.5 Å². The van der Waals surface area contributed by atoms with Crippen molar-refractivity contribution in [3.63, 3.8) is 0 Å². The van der Waals surface area contributed by atoms with E-state index in [0.717, 1.165) is 7.11 Å². The Hall–Kier alpha value is -2.38. The molecular formula is C12H10F3NO4. The van der Waals surface area contributed by atoms with E-state index in [9.17, 15) is 22.8 Å². The topological polar surface area (TPSA) is 65.0 Å². The van der Waals surface area contributed by atoms with Crippen molar-refractivity contribution in [2.24, 2.45) is 4.99 Å². The zero-order valence-electron chi connectivity index (χ0n) is 10.3. The van der Waals surface area contributed by atoms with Gasteiger partial charge in [-0.15, -0.1) is 0 Å². The van der Waals surface area contributed by atoms with Gasteiger partial charge < -0.3 is 9.47 Å². The number of esters is 1. The number of alkyl halides is 3. The first kappa shape index (κ1) is 15.7. The number of benzene rings is 1. The van der Waals surface area contributed by atoms with Crippen molar-refractivity contribution < 1.29 is 32.2 Å². The molecule has 1 amide bonds. The van der Waals surface area contributed by atoms with E-state index in [0.29, 0.717) is 5.56 Å². The van der Waals surface area contributed by atoms with Gasteiger partial charge in [0.25, 0.3) is 0 Å². The molecule has 0 aliphatic carbocycles. The Balaban J connectivity index is 2.74. The third-order valence-electron chi connectivity index (χ3n) is 2.06. The molecule has 0 aromatic heterocycles. The smallest absolute Gasteiger partial charge is 0.440 e. The molecule has 0 aliphatic heterocycles. The fourth-order valence-corrected chi connectivity index (χ4v) is 1.16. The highest BCUT2D eigenvalue weighted by atomic mass is 19.4. The zero-order valence-corrected chi connectivity index (χ0v) is 10.3. The van der Waals surface area contributed by atoms with Gasteiger partial charge in [0.05, 0.1) is 7.11 Å². The Bertz CT molecular complexity index is 511. The Kier molecular flexibility index (Phi) is 5.24. The minimum Gasteiger partial charge on any atom is -0.464 e. The highest BCUT2D eigenvalue weighted by Crippen LogP contribution is 2.18. The first-order chi connectivity index (χ1) is 9.34. The summed E-state index contributed by atoms with van der Waals surface area (Å²) in [4.78, 5) is 24.7. The molecule has 0 aliphatic rings. The lowest BCUT2D eigenvalue weighted by atomic mass is 10.2. The molecule has 1 aromatic carbocycles.